The number of quaternary nitrogens is 2. The number of nitrogens with zero attached hydrogens (tertiary/aromatic N) is 2. The topological polar surface area (TPSA) is 66.8 Å². The standard InChI is InChI=1S/C37H54N2O4/c1-27-11-13-29(14-12-27)35(42)30-15-17-33(18-16-30)43-34-19-31(21-38(7,8)23-36(3,4)25-40)28(2)32(20-34)22-39(9,10)24-37(5,6)26-41/h11-20,40-41H,21-26H2,1-10H3/q+2. The fraction of sp³-hybridized carbons (Fsp3) is 0.486. The molecular formula is C37H54N2O4+2. The van der Waals surface area contributed by atoms with E-state index in [0.29, 0.717) is 16.9 Å². The third-order valence-corrected chi connectivity index (χ3v) is 8.03. The van der Waals surface area contributed by atoms with E-state index in [9.17, 15) is 15.0 Å². The highest BCUT2D eigenvalue weighted by Gasteiger charge is 2.31. The fourth-order valence-electron chi connectivity index (χ4n) is 6.33. The molecule has 6 heteroatoms. The van der Waals surface area contributed by atoms with Crippen molar-refractivity contribution in [3.8, 4) is 11.5 Å². The van der Waals surface area contributed by atoms with Gasteiger partial charge < -0.3 is 23.9 Å². The molecule has 3 rings (SSSR count). The normalized spacial score (nSPS) is 12.8. The fourth-order valence-corrected chi connectivity index (χ4v) is 6.33. The third kappa shape index (κ3) is 10.0. The van der Waals surface area contributed by atoms with Crippen molar-refractivity contribution >= 4 is 5.78 Å². The highest BCUT2D eigenvalue weighted by molar-refractivity contribution is 6.09. The number of aliphatic hydroxyl groups excluding tert-OH is 2. The maximum atomic E-state index is 13.0. The molecule has 3 aromatic rings. The van der Waals surface area contributed by atoms with Crippen LogP contribution in [0.25, 0.3) is 0 Å². The van der Waals surface area contributed by atoms with Gasteiger partial charge in [-0.15, -0.1) is 0 Å². The maximum Gasteiger partial charge on any atom is 0.193 e. The molecule has 0 aliphatic heterocycles. The predicted molar refractivity (Wildman–Crippen MR) is 175 cm³/mol. The smallest absolute Gasteiger partial charge is 0.193 e. The minimum Gasteiger partial charge on any atom is -0.457 e. The number of ether oxygens (including phenoxy) is 1. The minimum absolute atomic E-state index is 0.0111. The number of hydrogen-bond donors (Lipinski definition) is 2. The van der Waals surface area contributed by atoms with Crippen molar-refractivity contribution in [1.29, 1.82) is 0 Å². The molecule has 0 radical (unpaired) electrons. The van der Waals surface area contributed by atoms with Crippen LogP contribution in [0.2, 0.25) is 0 Å². The van der Waals surface area contributed by atoms with Gasteiger partial charge in [-0.1, -0.05) is 57.5 Å². The number of carbonyl (C=O) groups excluding carboxylic acids is 1. The molecule has 0 fully saturated rings. The van der Waals surface area contributed by atoms with Crippen molar-refractivity contribution < 1.29 is 28.7 Å². The molecular weight excluding hydrogens is 536 g/mol. The quantitative estimate of drug-likeness (QED) is 0.166. The summed E-state index contributed by atoms with van der Waals surface area (Å²) in [5.41, 5.74) is 5.68. The lowest BCUT2D eigenvalue weighted by atomic mass is 9.91. The third-order valence-electron chi connectivity index (χ3n) is 8.03. The van der Waals surface area contributed by atoms with Crippen molar-refractivity contribution in [2.75, 3.05) is 54.5 Å². The van der Waals surface area contributed by atoms with Crippen LogP contribution in [0.15, 0.2) is 60.7 Å². The minimum atomic E-state index is -0.194. The second-order valence-corrected chi connectivity index (χ2v) is 15.3. The molecule has 0 aliphatic carbocycles. The molecule has 0 spiro atoms. The van der Waals surface area contributed by atoms with Crippen molar-refractivity contribution in [1.82, 2.24) is 0 Å². The van der Waals surface area contributed by atoms with Crippen LogP contribution in [0, 0.1) is 24.7 Å². The zero-order valence-electron chi connectivity index (χ0n) is 28.1. The first-order chi connectivity index (χ1) is 19.8. The Balaban J connectivity index is 1.94. The van der Waals surface area contributed by atoms with Gasteiger partial charge >= 0.3 is 0 Å². The molecule has 2 N–H and O–H groups in total. The highest BCUT2D eigenvalue weighted by Crippen LogP contribution is 2.32. The molecule has 6 nitrogen and oxygen atoms in total. The van der Waals surface area contributed by atoms with Gasteiger partial charge in [-0.25, -0.2) is 0 Å². The number of benzene rings is 3. The van der Waals surface area contributed by atoms with Gasteiger partial charge in [0.15, 0.2) is 5.78 Å². The number of hydrogen-bond acceptors (Lipinski definition) is 4. The summed E-state index contributed by atoms with van der Waals surface area (Å²) in [6, 6.07) is 19.2. The average molecular weight is 591 g/mol. The predicted octanol–water partition coefficient (Wildman–Crippen LogP) is 6.52. The monoisotopic (exact) mass is 590 g/mol. The molecule has 0 unspecified atom stereocenters. The first-order valence-electron chi connectivity index (χ1n) is 15.2. The van der Waals surface area contributed by atoms with Gasteiger partial charge in [-0.05, 0) is 55.8 Å². The first-order valence-corrected chi connectivity index (χ1v) is 15.2. The van der Waals surface area contributed by atoms with Gasteiger partial charge in [0.1, 0.15) is 24.6 Å². The van der Waals surface area contributed by atoms with Gasteiger partial charge in [0.2, 0.25) is 0 Å². The van der Waals surface area contributed by atoms with E-state index in [1.165, 1.54) is 16.7 Å². The van der Waals surface area contributed by atoms with Crippen LogP contribution in [0.3, 0.4) is 0 Å². The first kappa shape index (κ1) is 34.5. The lowest BCUT2D eigenvalue weighted by molar-refractivity contribution is -0.910. The largest absolute Gasteiger partial charge is 0.457 e. The molecule has 0 heterocycles. The lowest BCUT2D eigenvalue weighted by Crippen LogP contribution is -2.47. The second-order valence-electron chi connectivity index (χ2n) is 15.3. The summed E-state index contributed by atoms with van der Waals surface area (Å²) >= 11 is 0. The Bertz CT molecular complexity index is 1330. The van der Waals surface area contributed by atoms with E-state index in [1.54, 1.807) is 0 Å². The SMILES string of the molecule is Cc1ccc(C(=O)c2ccc(Oc3cc(C[N+](C)(C)CC(C)(C)CO)c(C)c(C[N+](C)(C)CC(C)(C)CO)c3)cc2)cc1. The average Bonchev–Trinajstić information content (AvgIpc) is 2.90. The molecule has 0 saturated carbocycles. The zero-order chi connectivity index (χ0) is 32.2. The molecule has 0 aromatic heterocycles. The Morgan fingerprint density at radius 3 is 1.47 bits per heavy atom. The van der Waals surface area contributed by atoms with Crippen LogP contribution in [-0.2, 0) is 13.1 Å². The van der Waals surface area contributed by atoms with Gasteiger partial charge in [-0.3, -0.25) is 4.79 Å². The van der Waals surface area contributed by atoms with Crippen LogP contribution in [-0.4, -0.2) is 79.5 Å². The van der Waals surface area contributed by atoms with Crippen LogP contribution < -0.4 is 4.74 Å². The second kappa shape index (κ2) is 13.3. The highest BCUT2D eigenvalue weighted by atomic mass is 16.5. The molecule has 0 bridgehead atoms. The maximum absolute atomic E-state index is 13.0. The molecule has 234 valence electrons. The molecule has 43 heavy (non-hydrogen) atoms. The summed E-state index contributed by atoms with van der Waals surface area (Å²) in [5, 5.41) is 19.9. The van der Waals surface area contributed by atoms with E-state index < -0.39 is 0 Å². The van der Waals surface area contributed by atoms with Crippen LogP contribution >= 0.6 is 0 Å². The zero-order valence-corrected chi connectivity index (χ0v) is 28.1. The summed E-state index contributed by atoms with van der Waals surface area (Å²) in [6.45, 7) is 16.1. The van der Waals surface area contributed by atoms with Gasteiger partial charge in [0.05, 0.1) is 54.5 Å². The number of aliphatic hydroxyl groups is 2. The molecule has 0 aliphatic rings. The Morgan fingerprint density at radius 2 is 1.07 bits per heavy atom. The van der Waals surface area contributed by atoms with Gasteiger partial charge in [0, 0.05) is 33.1 Å². The Morgan fingerprint density at radius 1 is 0.674 bits per heavy atom. The summed E-state index contributed by atoms with van der Waals surface area (Å²) < 4.78 is 7.89. The van der Waals surface area contributed by atoms with E-state index in [2.05, 4.69) is 74.9 Å². The van der Waals surface area contributed by atoms with E-state index >= 15 is 0 Å². The Kier molecular flexibility index (Phi) is 10.7. The van der Waals surface area contributed by atoms with Crippen molar-refractivity contribution in [3.05, 3.63) is 94.0 Å². The van der Waals surface area contributed by atoms with Crippen molar-refractivity contribution in [2.45, 2.75) is 54.6 Å². The number of rotatable bonds is 14. The Hall–Kier alpha value is -3.03. The van der Waals surface area contributed by atoms with Crippen LogP contribution in [0.1, 0.15) is 65.9 Å². The summed E-state index contributed by atoms with van der Waals surface area (Å²) in [6.07, 6.45) is 0. The summed E-state index contributed by atoms with van der Waals surface area (Å²) in [4.78, 5) is 13.0. The number of ketones is 1. The molecule has 0 saturated heterocycles. The summed E-state index contributed by atoms with van der Waals surface area (Å²) in [5.74, 6) is 1.42. The van der Waals surface area contributed by atoms with E-state index in [-0.39, 0.29) is 29.8 Å². The molecule has 0 amide bonds. The number of aryl methyl sites for hydroxylation is 1. The van der Waals surface area contributed by atoms with E-state index in [0.717, 1.165) is 46.5 Å². The Labute approximate surface area is 259 Å². The van der Waals surface area contributed by atoms with Crippen LogP contribution in [0.4, 0.5) is 0 Å². The van der Waals surface area contributed by atoms with Crippen molar-refractivity contribution in [3.63, 3.8) is 0 Å². The van der Waals surface area contributed by atoms with Crippen LogP contribution in [0.5, 0.6) is 11.5 Å². The van der Waals surface area contributed by atoms with E-state index in [1.807, 2.05) is 55.5 Å². The van der Waals surface area contributed by atoms with Gasteiger partial charge in [-0.2, -0.15) is 0 Å². The molecule has 3 aromatic carbocycles. The summed E-state index contributed by atoms with van der Waals surface area (Å²) in [7, 11) is 8.82. The number of carbonyl (C=O) groups is 1. The van der Waals surface area contributed by atoms with E-state index in [4.69, 9.17) is 4.74 Å². The van der Waals surface area contributed by atoms with Gasteiger partial charge in [0.25, 0.3) is 0 Å². The van der Waals surface area contributed by atoms with Crippen molar-refractivity contribution in [2.24, 2.45) is 10.8 Å². The lowest BCUT2D eigenvalue weighted by Gasteiger charge is -2.38. The molecule has 0 atom stereocenters.